The van der Waals surface area contributed by atoms with Crippen molar-refractivity contribution in [2.75, 3.05) is 4.90 Å². The van der Waals surface area contributed by atoms with Gasteiger partial charge in [0, 0.05) is 38.0 Å². The molecule has 0 saturated carbocycles. The summed E-state index contributed by atoms with van der Waals surface area (Å²) in [5.74, 6) is 0. The second-order valence-electron chi connectivity index (χ2n) is 10.5. The van der Waals surface area contributed by atoms with Crippen molar-refractivity contribution in [3.63, 3.8) is 0 Å². The maximum atomic E-state index is 6.30. The predicted molar refractivity (Wildman–Crippen MR) is 164 cm³/mol. The van der Waals surface area contributed by atoms with Crippen LogP contribution in [-0.4, -0.2) is 4.57 Å². The normalized spacial score (nSPS) is 12.9. The van der Waals surface area contributed by atoms with Crippen LogP contribution in [0.1, 0.15) is 0 Å². The van der Waals surface area contributed by atoms with E-state index in [-0.39, 0.29) is 0 Å². The summed E-state index contributed by atoms with van der Waals surface area (Å²) in [6.45, 7) is 0. The third-order valence-electron chi connectivity index (χ3n) is 8.49. The molecule has 0 atom stereocenters. The molecule has 0 fully saturated rings. The third kappa shape index (κ3) is 2.42. The maximum Gasteiger partial charge on any atom is 0.136 e. The number of para-hydroxylation sites is 5. The lowest BCUT2D eigenvalue weighted by Crippen LogP contribution is -2.17. The number of benzene rings is 6. The molecular weight excluding hydrogens is 492 g/mol. The van der Waals surface area contributed by atoms with E-state index >= 15 is 0 Å². The van der Waals surface area contributed by atoms with Crippen LogP contribution in [0.3, 0.4) is 0 Å². The van der Waals surface area contributed by atoms with Gasteiger partial charge in [-0.05, 0) is 60.7 Å². The molecule has 1 aliphatic heterocycles. The Balaban J connectivity index is 1.36. The molecule has 4 heterocycles. The average molecular weight is 513 g/mol. The van der Waals surface area contributed by atoms with Crippen LogP contribution in [0.15, 0.2) is 130 Å². The minimum Gasteiger partial charge on any atom is -0.456 e. The van der Waals surface area contributed by atoms with E-state index < -0.39 is 0 Å². The standard InChI is InChI=1S/C36H20N2O2/c1-5-14-30-22(8-1)25-20-21(16-18-32(25)39-30)37-26-11-3-4-12-27(26)38-28-17-19-33-35(23-9-2-6-15-31(23)40-33)34(28)24-10-7-13-29(37)36(24)38/h1-20H. The van der Waals surface area contributed by atoms with Crippen LogP contribution in [0.4, 0.5) is 17.1 Å². The predicted octanol–water partition coefficient (Wildman–Crippen LogP) is 10.4. The first-order valence-electron chi connectivity index (χ1n) is 13.5. The highest BCUT2D eigenvalue weighted by atomic mass is 16.3. The van der Waals surface area contributed by atoms with Crippen molar-refractivity contribution in [2.45, 2.75) is 0 Å². The molecule has 4 heteroatoms. The fourth-order valence-electron chi connectivity index (χ4n) is 6.89. The summed E-state index contributed by atoms with van der Waals surface area (Å²) in [7, 11) is 0. The number of rotatable bonds is 1. The number of fused-ring (bicyclic) bond motifs is 12. The first-order chi connectivity index (χ1) is 19.8. The van der Waals surface area contributed by atoms with Crippen molar-refractivity contribution in [2.24, 2.45) is 0 Å². The third-order valence-corrected chi connectivity index (χ3v) is 8.49. The van der Waals surface area contributed by atoms with Crippen LogP contribution >= 0.6 is 0 Å². The topological polar surface area (TPSA) is 34.5 Å². The monoisotopic (exact) mass is 512 g/mol. The Morgan fingerprint density at radius 1 is 0.425 bits per heavy atom. The highest BCUT2D eigenvalue weighted by Gasteiger charge is 2.29. The molecule has 0 saturated heterocycles. The van der Waals surface area contributed by atoms with Crippen molar-refractivity contribution in [3.8, 4) is 5.69 Å². The van der Waals surface area contributed by atoms with Crippen LogP contribution in [0.2, 0.25) is 0 Å². The van der Waals surface area contributed by atoms with E-state index in [0.717, 1.165) is 61.2 Å². The molecular formula is C36H20N2O2. The van der Waals surface area contributed by atoms with Gasteiger partial charge in [-0.3, -0.25) is 0 Å². The second-order valence-corrected chi connectivity index (χ2v) is 10.5. The van der Waals surface area contributed by atoms with Gasteiger partial charge in [0.1, 0.15) is 22.3 Å². The quantitative estimate of drug-likeness (QED) is 0.219. The molecule has 0 radical (unpaired) electrons. The van der Waals surface area contributed by atoms with Gasteiger partial charge in [0.25, 0.3) is 0 Å². The summed E-state index contributed by atoms with van der Waals surface area (Å²) < 4.78 is 14.9. The van der Waals surface area contributed by atoms with Gasteiger partial charge < -0.3 is 18.3 Å². The highest BCUT2D eigenvalue weighted by molar-refractivity contribution is 6.29. The second kappa shape index (κ2) is 7.13. The Morgan fingerprint density at radius 2 is 1.07 bits per heavy atom. The number of furan rings is 2. The van der Waals surface area contributed by atoms with Crippen LogP contribution < -0.4 is 4.90 Å². The summed E-state index contributed by atoms with van der Waals surface area (Å²) in [4.78, 5) is 2.39. The van der Waals surface area contributed by atoms with Crippen LogP contribution in [0.5, 0.6) is 0 Å². The van der Waals surface area contributed by atoms with E-state index in [1.165, 1.54) is 27.2 Å². The molecule has 186 valence electrons. The fourth-order valence-corrected chi connectivity index (χ4v) is 6.89. The molecule has 40 heavy (non-hydrogen) atoms. The summed E-state index contributed by atoms with van der Waals surface area (Å²) in [6, 6.07) is 42.8. The van der Waals surface area contributed by atoms with Gasteiger partial charge in [-0.15, -0.1) is 0 Å². The summed E-state index contributed by atoms with van der Waals surface area (Å²) in [5.41, 5.74) is 10.6. The van der Waals surface area contributed by atoms with Gasteiger partial charge >= 0.3 is 0 Å². The highest BCUT2D eigenvalue weighted by Crippen LogP contribution is 2.51. The smallest absolute Gasteiger partial charge is 0.136 e. The molecule has 0 unspecified atom stereocenters. The van der Waals surface area contributed by atoms with E-state index in [9.17, 15) is 0 Å². The van der Waals surface area contributed by atoms with Crippen molar-refractivity contribution >= 4 is 82.7 Å². The van der Waals surface area contributed by atoms with Gasteiger partial charge in [0.15, 0.2) is 0 Å². The largest absolute Gasteiger partial charge is 0.456 e. The lowest BCUT2D eigenvalue weighted by molar-refractivity contribution is 0.668. The average Bonchev–Trinajstić information content (AvgIpc) is 3.67. The minimum absolute atomic E-state index is 0.900. The maximum absolute atomic E-state index is 6.30. The van der Waals surface area contributed by atoms with Crippen molar-refractivity contribution in [1.82, 2.24) is 4.57 Å². The zero-order valence-electron chi connectivity index (χ0n) is 21.3. The molecule has 0 spiro atoms. The molecule has 4 nitrogen and oxygen atoms in total. The van der Waals surface area contributed by atoms with Crippen LogP contribution in [-0.2, 0) is 0 Å². The Kier molecular flexibility index (Phi) is 3.65. The molecule has 10 rings (SSSR count). The molecule has 6 aromatic carbocycles. The Hall–Kier alpha value is -5.48. The zero-order chi connectivity index (χ0) is 25.9. The van der Waals surface area contributed by atoms with Crippen LogP contribution in [0, 0.1) is 0 Å². The number of aromatic nitrogens is 1. The molecule has 1 aliphatic rings. The lowest BCUT2D eigenvalue weighted by atomic mass is 10.0. The Labute approximate surface area is 227 Å². The van der Waals surface area contributed by atoms with Crippen molar-refractivity contribution in [1.29, 1.82) is 0 Å². The summed E-state index contributed by atoms with van der Waals surface area (Å²) >= 11 is 0. The lowest BCUT2D eigenvalue weighted by Gasteiger charge is -2.33. The first-order valence-corrected chi connectivity index (χ1v) is 13.5. The number of hydrogen-bond acceptors (Lipinski definition) is 3. The molecule has 0 amide bonds. The zero-order valence-corrected chi connectivity index (χ0v) is 21.3. The van der Waals surface area contributed by atoms with E-state index in [1.54, 1.807) is 0 Å². The molecule has 0 N–H and O–H groups in total. The summed E-state index contributed by atoms with van der Waals surface area (Å²) in [6.07, 6.45) is 0. The summed E-state index contributed by atoms with van der Waals surface area (Å²) in [5, 5.41) is 7.02. The van der Waals surface area contributed by atoms with E-state index in [4.69, 9.17) is 8.83 Å². The number of anilines is 3. The van der Waals surface area contributed by atoms with E-state index in [1.807, 2.05) is 18.2 Å². The van der Waals surface area contributed by atoms with Gasteiger partial charge in [0.05, 0.1) is 28.1 Å². The Morgan fingerprint density at radius 3 is 1.98 bits per heavy atom. The molecule has 0 aliphatic carbocycles. The number of hydrogen-bond donors (Lipinski definition) is 0. The number of nitrogens with zero attached hydrogens (tertiary/aromatic N) is 2. The van der Waals surface area contributed by atoms with Crippen molar-refractivity contribution in [3.05, 3.63) is 121 Å². The van der Waals surface area contributed by atoms with Gasteiger partial charge in [-0.2, -0.15) is 0 Å². The van der Waals surface area contributed by atoms with Gasteiger partial charge in [0.2, 0.25) is 0 Å². The molecule has 0 bridgehead atoms. The van der Waals surface area contributed by atoms with Gasteiger partial charge in [-0.25, -0.2) is 0 Å². The molecule has 3 aromatic heterocycles. The van der Waals surface area contributed by atoms with Crippen molar-refractivity contribution < 1.29 is 8.83 Å². The van der Waals surface area contributed by atoms with Crippen LogP contribution in [0.25, 0.3) is 71.4 Å². The van der Waals surface area contributed by atoms with E-state index in [0.29, 0.717) is 0 Å². The fraction of sp³-hybridized carbons (Fsp3) is 0. The van der Waals surface area contributed by atoms with Gasteiger partial charge in [-0.1, -0.05) is 60.7 Å². The Bertz CT molecular complexity index is 2510. The minimum atomic E-state index is 0.900. The van der Waals surface area contributed by atoms with E-state index in [2.05, 4.69) is 113 Å². The first kappa shape index (κ1) is 20.5. The SMILES string of the molecule is c1ccc2c(c1)N(c1ccc3oc4ccccc4c3c1)c1cccc3c4c5c(ccc4n-2c13)oc1ccccc15. The molecule has 9 aromatic rings.